The molecule has 0 heterocycles. The first kappa shape index (κ1) is 14.8. The number of anilines is 1. The zero-order valence-corrected chi connectivity index (χ0v) is 13.3. The Bertz CT molecular complexity index is 617. The number of halogens is 1. The fraction of sp³-hybridized carbons (Fsp3) is 0.235. The number of nitrogens with two attached hydrogens (primary N) is 1. The van der Waals surface area contributed by atoms with Crippen LogP contribution in [0.1, 0.15) is 25.0 Å². The Balaban J connectivity index is 2.21. The van der Waals surface area contributed by atoms with Gasteiger partial charge in [-0.05, 0) is 49.2 Å². The van der Waals surface area contributed by atoms with Crippen LogP contribution in [0.4, 0.5) is 5.69 Å². The standard InChI is InChI=1S/C17H18BrNO/c1-17(2,13-6-8-15(19)9-7-13)16(20)11-12-4-3-5-14(18)10-12/h3-10H,11,19H2,1-2H3. The third-order valence-corrected chi connectivity index (χ3v) is 4.08. The molecule has 0 saturated heterocycles. The second-order valence-electron chi connectivity index (χ2n) is 5.48. The second kappa shape index (κ2) is 5.80. The van der Waals surface area contributed by atoms with Gasteiger partial charge >= 0.3 is 0 Å². The molecular weight excluding hydrogens is 314 g/mol. The van der Waals surface area contributed by atoms with Crippen LogP contribution in [0.5, 0.6) is 0 Å². The summed E-state index contributed by atoms with van der Waals surface area (Å²) in [6.07, 6.45) is 0.427. The van der Waals surface area contributed by atoms with Crippen molar-refractivity contribution in [2.24, 2.45) is 0 Å². The van der Waals surface area contributed by atoms with E-state index in [4.69, 9.17) is 5.73 Å². The molecule has 20 heavy (non-hydrogen) atoms. The molecule has 0 bridgehead atoms. The smallest absolute Gasteiger partial charge is 0.147 e. The monoisotopic (exact) mass is 331 g/mol. The highest BCUT2D eigenvalue weighted by molar-refractivity contribution is 9.10. The topological polar surface area (TPSA) is 43.1 Å². The van der Waals surface area contributed by atoms with Crippen LogP contribution in [0, 0.1) is 0 Å². The van der Waals surface area contributed by atoms with Crippen LogP contribution in [0.3, 0.4) is 0 Å². The van der Waals surface area contributed by atoms with Crippen LogP contribution in [-0.4, -0.2) is 5.78 Å². The normalized spacial score (nSPS) is 11.3. The molecule has 0 aliphatic heterocycles. The molecule has 0 unspecified atom stereocenters. The van der Waals surface area contributed by atoms with Crippen molar-refractivity contribution in [2.45, 2.75) is 25.7 Å². The summed E-state index contributed by atoms with van der Waals surface area (Å²) < 4.78 is 0.994. The molecule has 0 saturated carbocycles. The average Bonchev–Trinajstić information content (AvgIpc) is 2.39. The summed E-state index contributed by atoms with van der Waals surface area (Å²) in [5.41, 5.74) is 7.90. The third kappa shape index (κ3) is 3.28. The Labute approximate surface area is 128 Å². The number of carbonyl (C=O) groups excluding carboxylic acids is 1. The quantitative estimate of drug-likeness (QED) is 0.856. The second-order valence-corrected chi connectivity index (χ2v) is 6.39. The maximum atomic E-state index is 12.6. The fourth-order valence-electron chi connectivity index (χ4n) is 2.11. The molecule has 0 radical (unpaired) electrons. The summed E-state index contributed by atoms with van der Waals surface area (Å²) in [4.78, 5) is 12.6. The fourth-order valence-corrected chi connectivity index (χ4v) is 2.56. The largest absolute Gasteiger partial charge is 0.399 e. The summed E-state index contributed by atoms with van der Waals surface area (Å²) >= 11 is 3.43. The van der Waals surface area contributed by atoms with Gasteiger partial charge in [0.25, 0.3) is 0 Å². The zero-order chi connectivity index (χ0) is 14.8. The van der Waals surface area contributed by atoms with Gasteiger partial charge in [0, 0.05) is 22.0 Å². The Kier molecular flexibility index (Phi) is 4.29. The predicted octanol–water partition coefficient (Wildman–Crippen LogP) is 4.12. The van der Waals surface area contributed by atoms with Gasteiger partial charge in [-0.15, -0.1) is 0 Å². The average molecular weight is 332 g/mol. The van der Waals surface area contributed by atoms with Crippen molar-refractivity contribution in [3.8, 4) is 0 Å². The van der Waals surface area contributed by atoms with E-state index < -0.39 is 5.41 Å². The highest BCUT2D eigenvalue weighted by Crippen LogP contribution is 2.27. The minimum atomic E-state index is -0.518. The molecule has 2 nitrogen and oxygen atoms in total. The Morgan fingerprint density at radius 1 is 1.15 bits per heavy atom. The molecule has 0 aliphatic rings. The van der Waals surface area contributed by atoms with E-state index in [9.17, 15) is 4.79 Å². The Hall–Kier alpha value is -1.61. The molecule has 0 spiro atoms. The lowest BCUT2D eigenvalue weighted by molar-refractivity contribution is -0.122. The molecule has 3 heteroatoms. The van der Waals surface area contributed by atoms with E-state index in [1.54, 1.807) is 0 Å². The SMILES string of the molecule is CC(C)(C(=O)Cc1cccc(Br)c1)c1ccc(N)cc1. The van der Waals surface area contributed by atoms with Crippen LogP contribution in [0.25, 0.3) is 0 Å². The number of hydrogen-bond acceptors (Lipinski definition) is 2. The van der Waals surface area contributed by atoms with Crippen molar-refractivity contribution in [1.82, 2.24) is 0 Å². The maximum absolute atomic E-state index is 12.6. The minimum Gasteiger partial charge on any atom is -0.399 e. The molecule has 104 valence electrons. The van der Waals surface area contributed by atoms with Crippen molar-refractivity contribution >= 4 is 27.4 Å². The summed E-state index contributed by atoms with van der Waals surface area (Å²) in [6, 6.07) is 15.4. The summed E-state index contributed by atoms with van der Waals surface area (Å²) in [6.45, 7) is 3.91. The van der Waals surface area contributed by atoms with Gasteiger partial charge in [-0.25, -0.2) is 0 Å². The number of benzene rings is 2. The lowest BCUT2D eigenvalue weighted by Crippen LogP contribution is -2.30. The van der Waals surface area contributed by atoms with Gasteiger partial charge in [-0.3, -0.25) is 4.79 Å². The molecule has 0 aromatic heterocycles. The van der Waals surface area contributed by atoms with Gasteiger partial charge < -0.3 is 5.73 Å². The van der Waals surface area contributed by atoms with E-state index in [0.29, 0.717) is 12.1 Å². The number of ketones is 1. The third-order valence-electron chi connectivity index (χ3n) is 3.58. The number of Topliss-reactive ketones (excluding diaryl/α,β-unsaturated/α-hetero) is 1. The number of nitrogen functional groups attached to an aromatic ring is 1. The van der Waals surface area contributed by atoms with Crippen molar-refractivity contribution in [3.63, 3.8) is 0 Å². The minimum absolute atomic E-state index is 0.195. The van der Waals surface area contributed by atoms with Gasteiger partial charge in [-0.2, -0.15) is 0 Å². The van der Waals surface area contributed by atoms with E-state index in [1.807, 2.05) is 62.4 Å². The van der Waals surface area contributed by atoms with E-state index >= 15 is 0 Å². The van der Waals surface area contributed by atoms with Crippen molar-refractivity contribution < 1.29 is 4.79 Å². The van der Waals surface area contributed by atoms with E-state index in [0.717, 1.165) is 15.6 Å². The Morgan fingerprint density at radius 3 is 2.40 bits per heavy atom. The van der Waals surface area contributed by atoms with Crippen LogP contribution >= 0.6 is 15.9 Å². The molecule has 0 atom stereocenters. The van der Waals surface area contributed by atoms with E-state index in [2.05, 4.69) is 15.9 Å². The van der Waals surface area contributed by atoms with Gasteiger partial charge in [0.2, 0.25) is 0 Å². The van der Waals surface area contributed by atoms with Gasteiger partial charge in [-0.1, -0.05) is 40.2 Å². The lowest BCUT2D eigenvalue weighted by atomic mass is 9.78. The van der Waals surface area contributed by atoms with Crippen LogP contribution in [0.2, 0.25) is 0 Å². The molecule has 2 aromatic carbocycles. The number of hydrogen-bond donors (Lipinski definition) is 1. The summed E-state index contributed by atoms with van der Waals surface area (Å²) in [5, 5.41) is 0. The number of carbonyl (C=O) groups is 1. The van der Waals surface area contributed by atoms with Crippen LogP contribution < -0.4 is 5.73 Å². The van der Waals surface area contributed by atoms with Gasteiger partial charge in [0.15, 0.2) is 0 Å². The van der Waals surface area contributed by atoms with Crippen LogP contribution in [0.15, 0.2) is 53.0 Å². The van der Waals surface area contributed by atoms with Gasteiger partial charge in [0.05, 0.1) is 0 Å². The lowest BCUT2D eigenvalue weighted by Gasteiger charge is -2.24. The number of rotatable bonds is 4. The first-order valence-corrected chi connectivity index (χ1v) is 7.32. The first-order valence-electron chi connectivity index (χ1n) is 6.53. The molecule has 0 fully saturated rings. The Morgan fingerprint density at radius 2 is 1.80 bits per heavy atom. The molecule has 0 aliphatic carbocycles. The van der Waals surface area contributed by atoms with Crippen molar-refractivity contribution in [2.75, 3.05) is 5.73 Å². The van der Waals surface area contributed by atoms with Crippen molar-refractivity contribution in [3.05, 3.63) is 64.1 Å². The highest BCUT2D eigenvalue weighted by Gasteiger charge is 2.29. The van der Waals surface area contributed by atoms with Gasteiger partial charge in [0.1, 0.15) is 5.78 Å². The van der Waals surface area contributed by atoms with Crippen LogP contribution in [-0.2, 0) is 16.6 Å². The first-order chi connectivity index (χ1) is 9.39. The van der Waals surface area contributed by atoms with Crippen molar-refractivity contribution in [1.29, 1.82) is 0 Å². The highest BCUT2D eigenvalue weighted by atomic mass is 79.9. The maximum Gasteiger partial charge on any atom is 0.147 e. The zero-order valence-electron chi connectivity index (χ0n) is 11.7. The molecular formula is C17H18BrNO. The molecule has 0 amide bonds. The predicted molar refractivity (Wildman–Crippen MR) is 86.7 cm³/mol. The molecule has 2 rings (SSSR count). The molecule has 2 aromatic rings. The van der Waals surface area contributed by atoms with E-state index in [1.165, 1.54) is 0 Å². The summed E-state index contributed by atoms with van der Waals surface area (Å²) in [5.74, 6) is 0.195. The van der Waals surface area contributed by atoms with E-state index in [-0.39, 0.29) is 5.78 Å². The summed E-state index contributed by atoms with van der Waals surface area (Å²) in [7, 11) is 0. The molecule has 2 N–H and O–H groups in total.